The van der Waals surface area contributed by atoms with Crippen LogP contribution in [-0.4, -0.2) is 59.4 Å². The van der Waals surface area contributed by atoms with E-state index in [2.05, 4.69) is 5.32 Å². The van der Waals surface area contributed by atoms with Crippen molar-refractivity contribution in [3.63, 3.8) is 0 Å². The zero-order valence-electron chi connectivity index (χ0n) is 8.44. The van der Waals surface area contributed by atoms with Crippen LogP contribution in [0.25, 0.3) is 0 Å². The average Bonchev–Trinajstić information content (AvgIpc) is 2.47. The lowest BCUT2D eigenvalue weighted by molar-refractivity contribution is -0.129. The van der Waals surface area contributed by atoms with Crippen LogP contribution in [-0.2, 0) is 4.79 Å². The van der Waals surface area contributed by atoms with Crippen molar-refractivity contribution in [3.05, 3.63) is 0 Å². The lowest BCUT2D eigenvalue weighted by Gasteiger charge is -2.15. The zero-order valence-corrected chi connectivity index (χ0v) is 8.44. The normalized spacial score (nSPS) is 26.9. The molecule has 1 aliphatic rings. The number of aliphatic hydroxyl groups excluding tert-OH is 2. The van der Waals surface area contributed by atoms with Gasteiger partial charge in [-0.1, -0.05) is 6.92 Å². The molecule has 1 rings (SSSR count). The fraction of sp³-hybridized carbons (Fsp3) is 0.889. The summed E-state index contributed by atoms with van der Waals surface area (Å²) in [5.41, 5.74) is 0. The van der Waals surface area contributed by atoms with Gasteiger partial charge in [0.25, 0.3) is 0 Å². The summed E-state index contributed by atoms with van der Waals surface area (Å²) in [6.45, 7) is 3.61. The molecular weight excluding hydrogens is 184 g/mol. The first-order valence-corrected chi connectivity index (χ1v) is 4.99. The van der Waals surface area contributed by atoms with Crippen molar-refractivity contribution in [3.8, 4) is 0 Å². The molecule has 1 aliphatic heterocycles. The van der Waals surface area contributed by atoms with Crippen molar-refractivity contribution in [2.24, 2.45) is 0 Å². The second-order valence-corrected chi connectivity index (χ2v) is 3.61. The molecule has 1 saturated heterocycles. The Morgan fingerprint density at radius 2 is 2.00 bits per heavy atom. The molecule has 0 aromatic heterocycles. The Balaban J connectivity index is 2.25. The summed E-state index contributed by atoms with van der Waals surface area (Å²) >= 11 is 0. The summed E-state index contributed by atoms with van der Waals surface area (Å²) < 4.78 is 0. The molecule has 0 unspecified atom stereocenters. The largest absolute Gasteiger partial charge is 0.388 e. The molecule has 1 fully saturated rings. The molecule has 5 nitrogen and oxygen atoms in total. The maximum Gasteiger partial charge on any atom is 0.236 e. The van der Waals surface area contributed by atoms with Gasteiger partial charge >= 0.3 is 0 Å². The first-order chi connectivity index (χ1) is 6.65. The molecule has 82 valence electrons. The number of nitrogens with one attached hydrogen (secondary N) is 1. The third kappa shape index (κ3) is 2.94. The van der Waals surface area contributed by atoms with E-state index in [0.717, 1.165) is 13.0 Å². The van der Waals surface area contributed by atoms with Crippen molar-refractivity contribution in [1.82, 2.24) is 10.2 Å². The van der Waals surface area contributed by atoms with Crippen molar-refractivity contribution in [1.29, 1.82) is 0 Å². The molecule has 14 heavy (non-hydrogen) atoms. The van der Waals surface area contributed by atoms with E-state index in [0.29, 0.717) is 0 Å². The van der Waals surface area contributed by atoms with Crippen LogP contribution in [0.15, 0.2) is 0 Å². The van der Waals surface area contributed by atoms with E-state index < -0.39 is 12.2 Å². The number of β-amino-alcohol motifs (C(OH)–C–C–N with tert-alkyl or cyclic N) is 2. The summed E-state index contributed by atoms with van der Waals surface area (Å²) in [4.78, 5) is 12.9. The minimum Gasteiger partial charge on any atom is -0.388 e. The van der Waals surface area contributed by atoms with Gasteiger partial charge in [-0.15, -0.1) is 0 Å². The first kappa shape index (κ1) is 11.4. The molecule has 0 radical (unpaired) electrons. The summed E-state index contributed by atoms with van der Waals surface area (Å²) in [7, 11) is 0. The van der Waals surface area contributed by atoms with Crippen LogP contribution in [0, 0.1) is 0 Å². The van der Waals surface area contributed by atoms with E-state index in [9.17, 15) is 15.0 Å². The van der Waals surface area contributed by atoms with Gasteiger partial charge in [0.15, 0.2) is 0 Å². The molecular formula is C9H18N2O3. The highest BCUT2D eigenvalue weighted by atomic mass is 16.3. The van der Waals surface area contributed by atoms with Crippen molar-refractivity contribution >= 4 is 5.91 Å². The third-order valence-electron chi connectivity index (χ3n) is 2.31. The smallest absolute Gasteiger partial charge is 0.236 e. The number of hydrogen-bond acceptors (Lipinski definition) is 4. The quantitative estimate of drug-likeness (QED) is 0.488. The second-order valence-electron chi connectivity index (χ2n) is 3.61. The molecule has 2 atom stereocenters. The van der Waals surface area contributed by atoms with Gasteiger partial charge in [-0.05, 0) is 13.0 Å². The number of rotatable bonds is 4. The molecule has 0 saturated carbocycles. The van der Waals surface area contributed by atoms with Gasteiger partial charge in [0.2, 0.25) is 5.91 Å². The number of carbonyl (C=O) groups is 1. The van der Waals surface area contributed by atoms with Crippen LogP contribution in [0.5, 0.6) is 0 Å². The number of hydrogen-bond donors (Lipinski definition) is 3. The van der Waals surface area contributed by atoms with E-state index in [-0.39, 0.29) is 25.5 Å². The van der Waals surface area contributed by atoms with Crippen LogP contribution in [0.4, 0.5) is 0 Å². The van der Waals surface area contributed by atoms with Crippen LogP contribution in [0.1, 0.15) is 13.3 Å². The van der Waals surface area contributed by atoms with Gasteiger partial charge in [0.05, 0.1) is 18.8 Å². The van der Waals surface area contributed by atoms with E-state index in [1.165, 1.54) is 4.90 Å². The molecule has 3 N–H and O–H groups in total. The highest BCUT2D eigenvalue weighted by molar-refractivity contribution is 5.78. The summed E-state index contributed by atoms with van der Waals surface area (Å²) in [6, 6.07) is 0. The van der Waals surface area contributed by atoms with E-state index in [1.54, 1.807) is 0 Å². The SMILES string of the molecule is CCCNCC(=O)N1C[C@@H](O)[C@@H](O)C1. The van der Waals surface area contributed by atoms with E-state index in [1.807, 2.05) is 6.92 Å². The number of amides is 1. The predicted molar refractivity (Wildman–Crippen MR) is 51.8 cm³/mol. The molecule has 0 bridgehead atoms. The van der Waals surface area contributed by atoms with Crippen LogP contribution in [0.2, 0.25) is 0 Å². The molecule has 1 heterocycles. The maximum atomic E-state index is 11.5. The Kier molecular flexibility index (Phi) is 4.31. The van der Waals surface area contributed by atoms with Crippen molar-refractivity contribution in [2.75, 3.05) is 26.2 Å². The molecule has 0 aromatic carbocycles. The van der Waals surface area contributed by atoms with Gasteiger partial charge in [-0.2, -0.15) is 0 Å². The number of nitrogens with zero attached hydrogens (tertiary/aromatic N) is 1. The molecule has 0 spiro atoms. The Bertz CT molecular complexity index is 188. The van der Waals surface area contributed by atoms with Crippen LogP contribution < -0.4 is 5.32 Å². The number of likely N-dealkylation sites (tertiary alicyclic amines) is 1. The second kappa shape index (κ2) is 5.29. The Morgan fingerprint density at radius 1 is 1.43 bits per heavy atom. The van der Waals surface area contributed by atoms with Gasteiger partial charge in [0, 0.05) is 13.1 Å². The Morgan fingerprint density at radius 3 is 2.50 bits per heavy atom. The molecule has 0 aliphatic carbocycles. The van der Waals surface area contributed by atoms with Crippen molar-refractivity contribution in [2.45, 2.75) is 25.6 Å². The summed E-state index contributed by atoms with van der Waals surface area (Å²) in [5, 5.41) is 21.4. The van der Waals surface area contributed by atoms with Gasteiger partial charge in [-0.25, -0.2) is 0 Å². The zero-order chi connectivity index (χ0) is 10.6. The van der Waals surface area contributed by atoms with E-state index >= 15 is 0 Å². The van der Waals surface area contributed by atoms with Gasteiger partial charge in [0.1, 0.15) is 0 Å². The maximum absolute atomic E-state index is 11.5. The van der Waals surface area contributed by atoms with Gasteiger partial charge in [-0.3, -0.25) is 4.79 Å². The standard InChI is InChI=1S/C9H18N2O3/c1-2-3-10-4-9(14)11-5-7(12)8(13)6-11/h7-8,10,12-13H,2-6H2,1H3/t7-,8+. The molecule has 0 aromatic rings. The summed E-state index contributed by atoms with van der Waals surface area (Å²) in [6.07, 6.45) is -0.589. The summed E-state index contributed by atoms with van der Waals surface area (Å²) in [5.74, 6) is -0.0611. The predicted octanol–water partition coefficient (Wildman–Crippen LogP) is -1.45. The van der Waals surface area contributed by atoms with Crippen LogP contribution >= 0.6 is 0 Å². The third-order valence-corrected chi connectivity index (χ3v) is 2.31. The number of aliphatic hydroxyl groups is 2. The number of carbonyl (C=O) groups excluding carboxylic acids is 1. The fourth-order valence-electron chi connectivity index (χ4n) is 1.46. The van der Waals surface area contributed by atoms with Crippen molar-refractivity contribution < 1.29 is 15.0 Å². The first-order valence-electron chi connectivity index (χ1n) is 4.99. The Labute approximate surface area is 83.7 Å². The highest BCUT2D eigenvalue weighted by Crippen LogP contribution is 2.09. The topological polar surface area (TPSA) is 72.8 Å². The lowest BCUT2D eigenvalue weighted by atomic mass is 10.3. The fourth-order valence-corrected chi connectivity index (χ4v) is 1.46. The van der Waals surface area contributed by atoms with Gasteiger partial charge < -0.3 is 20.4 Å². The highest BCUT2D eigenvalue weighted by Gasteiger charge is 2.31. The Hall–Kier alpha value is -0.650. The van der Waals surface area contributed by atoms with Crippen LogP contribution in [0.3, 0.4) is 0 Å². The molecule has 1 amide bonds. The lowest BCUT2D eigenvalue weighted by Crippen LogP contribution is -2.37. The average molecular weight is 202 g/mol. The minimum atomic E-state index is -0.787. The van der Waals surface area contributed by atoms with E-state index in [4.69, 9.17) is 0 Å². The molecule has 5 heteroatoms. The monoisotopic (exact) mass is 202 g/mol. The minimum absolute atomic E-state index is 0.0611.